The van der Waals surface area contributed by atoms with Crippen LogP contribution in [0.15, 0.2) is 18.5 Å². The monoisotopic (exact) mass is 275 g/mol. The topological polar surface area (TPSA) is 28.2 Å². The highest BCUT2D eigenvalue weighted by Crippen LogP contribution is 2.26. The Bertz CT molecular complexity index is 403. The standard InChI is InChI=1S/C17H29N3/c1-4-15-6-5-10-20(11-8-15)17-13-18-9-7-16(17)12-19-14(2)3/h7,9,13-15,19H,4-6,8,10-12H2,1-3H3. The fourth-order valence-corrected chi connectivity index (χ4v) is 2.98. The summed E-state index contributed by atoms with van der Waals surface area (Å²) in [5.41, 5.74) is 2.71. The molecule has 0 spiro atoms. The van der Waals surface area contributed by atoms with Gasteiger partial charge in [0.05, 0.1) is 11.9 Å². The normalized spacial score (nSPS) is 20.2. The smallest absolute Gasteiger partial charge is 0.0598 e. The lowest BCUT2D eigenvalue weighted by atomic mass is 9.98. The Morgan fingerprint density at radius 1 is 1.35 bits per heavy atom. The highest BCUT2D eigenvalue weighted by Gasteiger charge is 2.18. The van der Waals surface area contributed by atoms with Gasteiger partial charge < -0.3 is 10.2 Å². The van der Waals surface area contributed by atoms with Gasteiger partial charge in [0.2, 0.25) is 0 Å². The van der Waals surface area contributed by atoms with E-state index in [1.165, 1.54) is 50.0 Å². The van der Waals surface area contributed by atoms with Gasteiger partial charge in [-0.3, -0.25) is 4.98 Å². The van der Waals surface area contributed by atoms with Gasteiger partial charge in [-0.05, 0) is 36.8 Å². The van der Waals surface area contributed by atoms with Crippen LogP contribution in [0.4, 0.5) is 5.69 Å². The average Bonchev–Trinajstić information content (AvgIpc) is 2.70. The van der Waals surface area contributed by atoms with Crippen molar-refractivity contribution in [3.8, 4) is 0 Å². The van der Waals surface area contributed by atoms with E-state index in [1.54, 1.807) is 0 Å². The van der Waals surface area contributed by atoms with Crippen molar-refractivity contribution in [3.63, 3.8) is 0 Å². The fourth-order valence-electron chi connectivity index (χ4n) is 2.98. The summed E-state index contributed by atoms with van der Waals surface area (Å²) in [7, 11) is 0. The summed E-state index contributed by atoms with van der Waals surface area (Å²) in [5, 5.41) is 3.52. The van der Waals surface area contributed by atoms with E-state index in [1.807, 2.05) is 12.4 Å². The molecule has 2 heterocycles. The van der Waals surface area contributed by atoms with E-state index in [0.717, 1.165) is 12.5 Å². The Balaban J connectivity index is 2.07. The van der Waals surface area contributed by atoms with Gasteiger partial charge >= 0.3 is 0 Å². The Morgan fingerprint density at radius 3 is 2.95 bits per heavy atom. The van der Waals surface area contributed by atoms with Crippen LogP contribution in [0.1, 0.15) is 52.0 Å². The summed E-state index contributed by atoms with van der Waals surface area (Å²) < 4.78 is 0. The predicted octanol–water partition coefficient (Wildman–Crippen LogP) is 3.60. The summed E-state index contributed by atoms with van der Waals surface area (Å²) in [6.07, 6.45) is 9.29. The van der Waals surface area contributed by atoms with Crippen molar-refractivity contribution in [2.45, 2.75) is 59.0 Å². The molecule has 0 aliphatic carbocycles. The van der Waals surface area contributed by atoms with E-state index in [4.69, 9.17) is 0 Å². The van der Waals surface area contributed by atoms with E-state index in [2.05, 4.69) is 42.0 Å². The minimum atomic E-state index is 0.518. The molecule has 0 aromatic carbocycles. The van der Waals surface area contributed by atoms with Crippen molar-refractivity contribution in [2.24, 2.45) is 5.92 Å². The maximum atomic E-state index is 4.35. The van der Waals surface area contributed by atoms with E-state index < -0.39 is 0 Å². The zero-order valence-corrected chi connectivity index (χ0v) is 13.2. The molecule has 3 heteroatoms. The molecular weight excluding hydrogens is 246 g/mol. The second-order valence-corrected chi connectivity index (χ2v) is 6.23. The van der Waals surface area contributed by atoms with Crippen molar-refractivity contribution in [1.82, 2.24) is 10.3 Å². The van der Waals surface area contributed by atoms with Crippen molar-refractivity contribution in [2.75, 3.05) is 18.0 Å². The summed E-state index contributed by atoms with van der Waals surface area (Å²) in [6, 6.07) is 2.68. The van der Waals surface area contributed by atoms with Gasteiger partial charge in [0, 0.05) is 31.9 Å². The lowest BCUT2D eigenvalue weighted by Gasteiger charge is -2.25. The molecule has 1 fully saturated rings. The summed E-state index contributed by atoms with van der Waals surface area (Å²) in [4.78, 5) is 6.89. The van der Waals surface area contributed by atoms with Crippen LogP contribution in [0.3, 0.4) is 0 Å². The number of pyridine rings is 1. The van der Waals surface area contributed by atoms with Gasteiger partial charge in [-0.15, -0.1) is 0 Å². The van der Waals surface area contributed by atoms with Crippen LogP contribution in [0.5, 0.6) is 0 Å². The van der Waals surface area contributed by atoms with E-state index >= 15 is 0 Å². The van der Waals surface area contributed by atoms with Gasteiger partial charge in [-0.1, -0.05) is 27.2 Å². The lowest BCUT2D eigenvalue weighted by Crippen LogP contribution is -2.28. The summed E-state index contributed by atoms with van der Waals surface area (Å²) in [5.74, 6) is 0.911. The second kappa shape index (κ2) is 7.63. The minimum absolute atomic E-state index is 0.518. The molecule has 1 aliphatic rings. The number of hydrogen-bond acceptors (Lipinski definition) is 3. The zero-order chi connectivity index (χ0) is 14.4. The molecule has 1 saturated heterocycles. The molecule has 1 atom stereocenters. The van der Waals surface area contributed by atoms with Crippen LogP contribution in [-0.4, -0.2) is 24.1 Å². The van der Waals surface area contributed by atoms with Gasteiger partial charge in [0.25, 0.3) is 0 Å². The Kier molecular flexibility index (Phi) is 5.84. The number of aromatic nitrogens is 1. The SMILES string of the molecule is CCC1CCCN(c2cnccc2CNC(C)C)CC1. The third-order valence-corrected chi connectivity index (χ3v) is 4.35. The average molecular weight is 275 g/mol. The molecule has 0 bridgehead atoms. The highest BCUT2D eigenvalue weighted by atomic mass is 15.1. The van der Waals surface area contributed by atoms with Crippen LogP contribution in [0.25, 0.3) is 0 Å². The molecule has 3 nitrogen and oxygen atoms in total. The molecule has 0 amide bonds. The van der Waals surface area contributed by atoms with Crippen LogP contribution in [0.2, 0.25) is 0 Å². The molecule has 20 heavy (non-hydrogen) atoms. The van der Waals surface area contributed by atoms with Crippen molar-refractivity contribution < 1.29 is 0 Å². The van der Waals surface area contributed by atoms with Crippen LogP contribution in [0, 0.1) is 5.92 Å². The zero-order valence-electron chi connectivity index (χ0n) is 13.2. The first-order chi connectivity index (χ1) is 9.70. The lowest BCUT2D eigenvalue weighted by molar-refractivity contribution is 0.459. The Hall–Kier alpha value is -1.09. The first kappa shape index (κ1) is 15.3. The molecule has 0 saturated carbocycles. The predicted molar refractivity (Wildman–Crippen MR) is 86.1 cm³/mol. The number of anilines is 1. The highest BCUT2D eigenvalue weighted by molar-refractivity contribution is 5.51. The first-order valence-corrected chi connectivity index (χ1v) is 8.12. The van der Waals surface area contributed by atoms with E-state index in [9.17, 15) is 0 Å². The minimum Gasteiger partial charge on any atom is -0.370 e. The van der Waals surface area contributed by atoms with Gasteiger partial charge in [0.15, 0.2) is 0 Å². The molecule has 1 N–H and O–H groups in total. The Morgan fingerprint density at radius 2 is 2.20 bits per heavy atom. The number of hydrogen-bond donors (Lipinski definition) is 1. The van der Waals surface area contributed by atoms with Crippen LogP contribution < -0.4 is 10.2 Å². The van der Waals surface area contributed by atoms with Crippen molar-refractivity contribution in [1.29, 1.82) is 0 Å². The first-order valence-electron chi connectivity index (χ1n) is 8.12. The molecule has 1 unspecified atom stereocenters. The largest absolute Gasteiger partial charge is 0.370 e. The maximum absolute atomic E-state index is 4.35. The van der Waals surface area contributed by atoms with E-state index in [-0.39, 0.29) is 0 Å². The van der Waals surface area contributed by atoms with Crippen LogP contribution in [-0.2, 0) is 6.54 Å². The van der Waals surface area contributed by atoms with Crippen molar-refractivity contribution in [3.05, 3.63) is 24.0 Å². The second-order valence-electron chi connectivity index (χ2n) is 6.23. The number of nitrogens with zero attached hydrogens (tertiary/aromatic N) is 2. The molecular formula is C17H29N3. The molecule has 2 rings (SSSR count). The molecule has 112 valence electrons. The number of nitrogens with one attached hydrogen (secondary N) is 1. The van der Waals surface area contributed by atoms with Gasteiger partial charge in [0.1, 0.15) is 0 Å². The molecule has 1 aliphatic heterocycles. The summed E-state index contributed by atoms with van der Waals surface area (Å²) in [6.45, 7) is 10.00. The van der Waals surface area contributed by atoms with Crippen LogP contribution >= 0.6 is 0 Å². The fraction of sp³-hybridized carbons (Fsp3) is 0.706. The van der Waals surface area contributed by atoms with Crippen molar-refractivity contribution >= 4 is 5.69 Å². The van der Waals surface area contributed by atoms with Gasteiger partial charge in [-0.2, -0.15) is 0 Å². The summed E-state index contributed by atoms with van der Waals surface area (Å²) >= 11 is 0. The molecule has 0 radical (unpaired) electrons. The maximum Gasteiger partial charge on any atom is 0.0598 e. The van der Waals surface area contributed by atoms with Gasteiger partial charge in [-0.25, -0.2) is 0 Å². The third-order valence-electron chi connectivity index (χ3n) is 4.35. The van der Waals surface area contributed by atoms with E-state index in [0.29, 0.717) is 6.04 Å². The third kappa shape index (κ3) is 4.20. The molecule has 1 aromatic rings. The molecule has 1 aromatic heterocycles. The quantitative estimate of drug-likeness (QED) is 0.890. The Labute approximate surface area is 123 Å². The number of rotatable bonds is 5.